The maximum absolute atomic E-state index is 5.45. The van der Waals surface area contributed by atoms with E-state index in [1.807, 2.05) is 14.2 Å². The third-order valence-corrected chi connectivity index (χ3v) is 5.06. The van der Waals surface area contributed by atoms with Gasteiger partial charge >= 0.3 is 0 Å². The zero-order chi connectivity index (χ0) is 13.0. The largest absolute Gasteiger partial charge is 0.381 e. The van der Waals surface area contributed by atoms with Crippen molar-refractivity contribution in [3.8, 4) is 0 Å². The number of methoxy groups -OCH3 is 2. The number of rotatable bonds is 4. The van der Waals surface area contributed by atoms with Crippen molar-refractivity contribution in [2.45, 2.75) is 63.6 Å². The van der Waals surface area contributed by atoms with E-state index < -0.39 is 0 Å². The lowest BCUT2D eigenvalue weighted by Crippen LogP contribution is -2.27. The molecule has 0 unspecified atom stereocenters. The van der Waals surface area contributed by atoms with Gasteiger partial charge in [0.15, 0.2) is 0 Å². The van der Waals surface area contributed by atoms with Gasteiger partial charge in [0.1, 0.15) is 0 Å². The summed E-state index contributed by atoms with van der Waals surface area (Å²) < 4.78 is 10.9. The lowest BCUT2D eigenvalue weighted by molar-refractivity contribution is 0.0513. The van der Waals surface area contributed by atoms with Crippen LogP contribution in [-0.4, -0.2) is 26.4 Å². The van der Waals surface area contributed by atoms with Crippen molar-refractivity contribution in [3.05, 3.63) is 12.2 Å². The van der Waals surface area contributed by atoms with E-state index >= 15 is 0 Å². The smallest absolute Gasteiger partial charge is 0.0571 e. The first-order chi connectivity index (χ1) is 8.74. The predicted octanol–water partition coefficient (Wildman–Crippen LogP) is 3.95. The molecule has 0 bridgehead atoms. The fourth-order valence-electron chi connectivity index (χ4n) is 3.67. The maximum atomic E-state index is 5.45. The quantitative estimate of drug-likeness (QED) is 0.705. The number of allylic oxidation sites excluding steroid dienone is 1. The summed E-state index contributed by atoms with van der Waals surface area (Å²) in [6.07, 6.45) is 11.0. The van der Waals surface area contributed by atoms with Gasteiger partial charge in [0.2, 0.25) is 0 Å². The molecule has 0 radical (unpaired) electrons. The molecule has 0 aromatic rings. The molecule has 2 nitrogen and oxygen atoms in total. The Kier molecular flexibility index (Phi) is 5.25. The SMILES string of the molecule is C=C(C1CCC(OC)CC1)C1CCC(OC)CC1. The van der Waals surface area contributed by atoms with Crippen LogP contribution in [0.1, 0.15) is 51.4 Å². The summed E-state index contributed by atoms with van der Waals surface area (Å²) in [5.74, 6) is 1.50. The van der Waals surface area contributed by atoms with Crippen molar-refractivity contribution in [2.75, 3.05) is 14.2 Å². The molecule has 0 atom stereocenters. The molecule has 0 aromatic heterocycles. The summed E-state index contributed by atoms with van der Waals surface area (Å²) in [5, 5.41) is 0. The second-order valence-corrected chi connectivity index (χ2v) is 5.99. The fourth-order valence-corrected chi connectivity index (χ4v) is 3.67. The van der Waals surface area contributed by atoms with Crippen LogP contribution >= 0.6 is 0 Å². The zero-order valence-corrected chi connectivity index (χ0v) is 12.0. The van der Waals surface area contributed by atoms with Crippen molar-refractivity contribution in [3.63, 3.8) is 0 Å². The Morgan fingerprint density at radius 1 is 0.722 bits per heavy atom. The zero-order valence-electron chi connectivity index (χ0n) is 12.0. The molecule has 0 aliphatic heterocycles. The number of hydrogen-bond donors (Lipinski definition) is 0. The monoisotopic (exact) mass is 252 g/mol. The van der Waals surface area contributed by atoms with Crippen molar-refractivity contribution < 1.29 is 9.47 Å². The van der Waals surface area contributed by atoms with E-state index in [2.05, 4.69) is 6.58 Å². The van der Waals surface area contributed by atoms with E-state index in [1.54, 1.807) is 0 Å². The summed E-state index contributed by atoms with van der Waals surface area (Å²) in [4.78, 5) is 0. The topological polar surface area (TPSA) is 18.5 Å². The summed E-state index contributed by atoms with van der Waals surface area (Å²) >= 11 is 0. The first-order valence-electron chi connectivity index (χ1n) is 7.48. The molecule has 2 fully saturated rings. The number of ether oxygens (including phenoxy) is 2. The average Bonchev–Trinajstić information content (AvgIpc) is 2.47. The highest BCUT2D eigenvalue weighted by atomic mass is 16.5. The first kappa shape index (κ1) is 14.1. The summed E-state index contributed by atoms with van der Waals surface area (Å²) in [7, 11) is 3.68. The van der Waals surface area contributed by atoms with E-state index in [4.69, 9.17) is 9.47 Å². The molecule has 0 spiro atoms. The highest BCUT2D eigenvalue weighted by Gasteiger charge is 2.29. The van der Waals surface area contributed by atoms with Gasteiger partial charge in [-0.1, -0.05) is 12.2 Å². The van der Waals surface area contributed by atoms with Crippen molar-refractivity contribution in [1.82, 2.24) is 0 Å². The molecule has 2 aliphatic carbocycles. The molecular formula is C16H28O2. The Morgan fingerprint density at radius 3 is 1.33 bits per heavy atom. The third kappa shape index (κ3) is 3.36. The van der Waals surface area contributed by atoms with Gasteiger partial charge in [0, 0.05) is 14.2 Å². The van der Waals surface area contributed by atoms with Crippen LogP contribution in [0, 0.1) is 11.8 Å². The van der Waals surface area contributed by atoms with Crippen LogP contribution in [0.5, 0.6) is 0 Å². The molecule has 0 saturated heterocycles. The van der Waals surface area contributed by atoms with Gasteiger partial charge < -0.3 is 9.47 Å². The third-order valence-electron chi connectivity index (χ3n) is 5.06. The highest BCUT2D eigenvalue weighted by Crippen LogP contribution is 2.39. The second-order valence-electron chi connectivity index (χ2n) is 5.99. The molecule has 18 heavy (non-hydrogen) atoms. The van der Waals surface area contributed by atoms with E-state index in [0.29, 0.717) is 12.2 Å². The van der Waals surface area contributed by atoms with Gasteiger partial charge in [0.05, 0.1) is 12.2 Å². The number of hydrogen-bond acceptors (Lipinski definition) is 2. The minimum absolute atomic E-state index is 0.498. The Morgan fingerprint density at radius 2 is 1.06 bits per heavy atom. The highest BCUT2D eigenvalue weighted by molar-refractivity contribution is 5.08. The molecule has 2 rings (SSSR count). The van der Waals surface area contributed by atoms with E-state index in [-0.39, 0.29) is 0 Å². The second kappa shape index (κ2) is 6.72. The van der Waals surface area contributed by atoms with Crippen LogP contribution < -0.4 is 0 Å². The van der Waals surface area contributed by atoms with Gasteiger partial charge in [-0.3, -0.25) is 0 Å². The van der Waals surface area contributed by atoms with E-state index in [1.165, 1.54) is 56.9 Å². The van der Waals surface area contributed by atoms with Gasteiger partial charge in [-0.2, -0.15) is 0 Å². The molecule has 0 aromatic carbocycles. The van der Waals surface area contributed by atoms with Crippen molar-refractivity contribution >= 4 is 0 Å². The molecule has 2 saturated carbocycles. The lowest BCUT2D eigenvalue weighted by Gasteiger charge is -2.35. The predicted molar refractivity (Wildman–Crippen MR) is 74.7 cm³/mol. The van der Waals surface area contributed by atoms with Gasteiger partial charge in [-0.05, 0) is 63.2 Å². The average molecular weight is 252 g/mol. The van der Waals surface area contributed by atoms with Crippen molar-refractivity contribution in [1.29, 1.82) is 0 Å². The minimum atomic E-state index is 0.498. The van der Waals surface area contributed by atoms with Crippen LogP contribution in [-0.2, 0) is 9.47 Å². The van der Waals surface area contributed by atoms with Crippen LogP contribution in [0.15, 0.2) is 12.2 Å². The molecule has 104 valence electrons. The molecule has 0 amide bonds. The van der Waals surface area contributed by atoms with Gasteiger partial charge in [-0.25, -0.2) is 0 Å². The normalized spacial score (nSPS) is 37.4. The molecule has 0 N–H and O–H groups in total. The van der Waals surface area contributed by atoms with Crippen LogP contribution in [0.25, 0.3) is 0 Å². The van der Waals surface area contributed by atoms with Gasteiger partial charge in [0.25, 0.3) is 0 Å². The first-order valence-corrected chi connectivity index (χ1v) is 7.48. The van der Waals surface area contributed by atoms with Crippen LogP contribution in [0.4, 0.5) is 0 Å². The van der Waals surface area contributed by atoms with Crippen molar-refractivity contribution in [2.24, 2.45) is 11.8 Å². The Balaban J connectivity index is 1.78. The maximum Gasteiger partial charge on any atom is 0.0571 e. The summed E-state index contributed by atoms with van der Waals surface area (Å²) in [6.45, 7) is 4.42. The molecule has 2 aliphatic rings. The Hall–Kier alpha value is -0.340. The Labute approximate surface area is 112 Å². The van der Waals surface area contributed by atoms with E-state index in [9.17, 15) is 0 Å². The van der Waals surface area contributed by atoms with E-state index in [0.717, 1.165) is 11.8 Å². The van der Waals surface area contributed by atoms with Crippen LogP contribution in [0.3, 0.4) is 0 Å². The fraction of sp³-hybridized carbons (Fsp3) is 0.875. The van der Waals surface area contributed by atoms with Gasteiger partial charge in [-0.15, -0.1) is 0 Å². The summed E-state index contributed by atoms with van der Waals surface area (Å²) in [6, 6.07) is 0. The van der Waals surface area contributed by atoms with Crippen LogP contribution in [0.2, 0.25) is 0 Å². The Bertz CT molecular complexity index is 232. The minimum Gasteiger partial charge on any atom is -0.381 e. The summed E-state index contributed by atoms with van der Waals surface area (Å²) in [5.41, 5.74) is 1.53. The molecule has 2 heteroatoms. The lowest BCUT2D eigenvalue weighted by atomic mass is 9.73. The standard InChI is InChI=1S/C16H28O2/c1-12(13-4-8-15(17-2)9-5-13)14-6-10-16(18-3)11-7-14/h13-16H,1,4-11H2,2-3H3. The molecular weight excluding hydrogens is 224 g/mol. The molecule has 0 heterocycles.